The third-order valence-electron chi connectivity index (χ3n) is 9.99. The van der Waals surface area contributed by atoms with Gasteiger partial charge in [0, 0.05) is 93.7 Å². The zero-order chi connectivity index (χ0) is 39.2. The van der Waals surface area contributed by atoms with Crippen LogP contribution < -0.4 is 10.6 Å². The average molecular weight is 792 g/mol. The first-order valence-corrected chi connectivity index (χ1v) is 19.5. The molecule has 13 nitrogen and oxygen atoms in total. The van der Waals surface area contributed by atoms with Crippen molar-refractivity contribution < 1.29 is 19.7 Å². The van der Waals surface area contributed by atoms with Gasteiger partial charge < -0.3 is 33.9 Å². The van der Waals surface area contributed by atoms with Gasteiger partial charge in [-0.2, -0.15) is 5.10 Å². The number of nitrogens with zero attached hydrogens (tertiary/aromatic N) is 7. The number of fused-ring (bicyclic) bond motifs is 2. The van der Waals surface area contributed by atoms with Crippen molar-refractivity contribution in [3.05, 3.63) is 82.7 Å². The molecule has 0 fully saturated rings. The minimum absolute atomic E-state index is 0.00575. The van der Waals surface area contributed by atoms with Gasteiger partial charge in [-0.1, -0.05) is 13.8 Å². The van der Waals surface area contributed by atoms with Crippen molar-refractivity contribution in [1.29, 1.82) is 0 Å². The highest BCUT2D eigenvalue weighted by atomic mass is 35.5. The molecule has 0 atom stereocenters. The van der Waals surface area contributed by atoms with E-state index >= 15 is 0 Å². The van der Waals surface area contributed by atoms with Gasteiger partial charge in [-0.25, -0.2) is 19.4 Å². The molecular formula is C40H48Cl2N8O5. The summed E-state index contributed by atoms with van der Waals surface area (Å²) >= 11 is 12.0. The predicted molar refractivity (Wildman–Crippen MR) is 218 cm³/mol. The number of imidazole rings is 1. The number of aromatic nitrogens is 6. The first kappa shape index (κ1) is 39.7. The molecule has 3 N–H and O–H groups in total. The summed E-state index contributed by atoms with van der Waals surface area (Å²) in [6.45, 7) is 7.26. The number of likely N-dealkylation sites (N-methyl/N-ethyl adjacent to an activating group) is 1. The lowest BCUT2D eigenvalue weighted by Crippen LogP contribution is -2.30. The number of halogens is 2. The standard InChI is InChI=1S/C40H48Cl2N8O5/c1-26(2)30-24-31(36(52)25-35(30)51)39-44-45-40(54)50(39)29-9-10-33-27(22-29)12-15-49(33)19-21-55-20-18-46(3)38(53)7-5-6-37-43-32-23-28(8-11-34(32)47(37)4)48(16-13-41)17-14-42/h8-12,15,22-26,51-52H,5-7,13-14,16-21H2,1-4H3,(H,45,54). The van der Waals surface area contributed by atoms with Gasteiger partial charge >= 0.3 is 5.69 Å². The number of phenolic OH excluding ortho intramolecular Hbond substituents is 2. The van der Waals surface area contributed by atoms with Crippen molar-refractivity contribution in [3.63, 3.8) is 0 Å². The molecular weight excluding hydrogens is 743 g/mol. The van der Waals surface area contributed by atoms with Crippen LogP contribution >= 0.6 is 23.2 Å². The molecule has 3 aromatic carbocycles. The van der Waals surface area contributed by atoms with E-state index in [1.165, 1.54) is 10.6 Å². The second kappa shape index (κ2) is 17.7. The average Bonchev–Trinajstić information content (AvgIpc) is 3.84. The van der Waals surface area contributed by atoms with Gasteiger partial charge in [-0.15, -0.1) is 23.2 Å². The Morgan fingerprint density at radius 2 is 1.73 bits per heavy atom. The smallest absolute Gasteiger partial charge is 0.348 e. The topological polar surface area (TPSA) is 147 Å². The van der Waals surface area contributed by atoms with E-state index in [4.69, 9.17) is 32.9 Å². The lowest BCUT2D eigenvalue weighted by atomic mass is 9.98. The normalized spacial score (nSPS) is 11.7. The zero-order valence-corrected chi connectivity index (χ0v) is 33.1. The Bertz CT molecular complexity index is 2320. The number of carbonyl (C=O) groups is 1. The fraction of sp³-hybridized carbons (Fsp3) is 0.400. The fourth-order valence-corrected chi connectivity index (χ4v) is 7.29. The summed E-state index contributed by atoms with van der Waals surface area (Å²) in [5.74, 6) is 2.08. The molecule has 0 saturated carbocycles. The summed E-state index contributed by atoms with van der Waals surface area (Å²) in [5.41, 5.74) is 5.07. The number of nitrogens with one attached hydrogen (secondary N) is 1. The van der Waals surface area contributed by atoms with Gasteiger partial charge in [0.2, 0.25) is 5.91 Å². The predicted octanol–water partition coefficient (Wildman–Crippen LogP) is 6.39. The molecule has 55 heavy (non-hydrogen) atoms. The Labute approximate surface area is 329 Å². The van der Waals surface area contributed by atoms with Gasteiger partial charge in [0.15, 0.2) is 5.82 Å². The van der Waals surface area contributed by atoms with E-state index in [-0.39, 0.29) is 29.1 Å². The van der Waals surface area contributed by atoms with Crippen LogP contribution in [0.2, 0.25) is 0 Å². The second-order valence-corrected chi connectivity index (χ2v) is 14.7. The van der Waals surface area contributed by atoms with Crippen molar-refractivity contribution in [3.8, 4) is 28.6 Å². The van der Waals surface area contributed by atoms with Crippen LogP contribution in [0.5, 0.6) is 11.5 Å². The molecule has 6 aromatic rings. The summed E-state index contributed by atoms with van der Waals surface area (Å²) in [6.07, 6.45) is 3.77. The maximum absolute atomic E-state index is 12.9. The van der Waals surface area contributed by atoms with E-state index in [1.807, 2.05) is 51.4 Å². The van der Waals surface area contributed by atoms with Crippen molar-refractivity contribution in [1.82, 2.24) is 33.8 Å². The summed E-state index contributed by atoms with van der Waals surface area (Å²) in [4.78, 5) is 34.5. The molecule has 1 amide bonds. The number of rotatable bonds is 18. The number of hydrogen-bond donors (Lipinski definition) is 3. The number of H-pyrrole nitrogens is 1. The Morgan fingerprint density at radius 1 is 0.964 bits per heavy atom. The van der Waals surface area contributed by atoms with Crippen LogP contribution in [0, 0.1) is 0 Å². The highest BCUT2D eigenvalue weighted by Crippen LogP contribution is 2.37. The van der Waals surface area contributed by atoms with Crippen molar-refractivity contribution in [2.75, 3.05) is 56.6 Å². The Balaban J connectivity index is 0.985. The minimum atomic E-state index is -0.450. The number of phenols is 2. The molecule has 0 aliphatic carbocycles. The number of amides is 1. The monoisotopic (exact) mass is 790 g/mol. The van der Waals surface area contributed by atoms with E-state index in [2.05, 4.69) is 42.4 Å². The third-order valence-corrected chi connectivity index (χ3v) is 10.3. The van der Waals surface area contributed by atoms with E-state index < -0.39 is 5.69 Å². The molecule has 0 aliphatic heterocycles. The minimum Gasteiger partial charge on any atom is -0.508 e. The highest BCUT2D eigenvalue weighted by Gasteiger charge is 2.20. The van der Waals surface area contributed by atoms with E-state index in [0.29, 0.717) is 87.2 Å². The lowest BCUT2D eigenvalue weighted by Gasteiger charge is -2.22. The summed E-state index contributed by atoms with van der Waals surface area (Å²) < 4.78 is 11.5. The maximum Gasteiger partial charge on any atom is 0.348 e. The number of benzene rings is 3. The largest absolute Gasteiger partial charge is 0.508 e. The number of carbonyl (C=O) groups excluding carboxylic acids is 1. The van der Waals surface area contributed by atoms with E-state index in [0.717, 1.165) is 33.4 Å². The van der Waals surface area contributed by atoms with Crippen LogP contribution in [0.25, 0.3) is 39.0 Å². The van der Waals surface area contributed by atoms with E-state index in [9.17, 15) is 19.8 Å². The zero-order valence-electron chi connectivity index (χ0n) is 31.6. The van der Waals surface area contributed by atoms with Crippen molar-refractivity contribution in [2.24, 2.45) is 7.05 Å². The molecule has 15 heteroatoms. The van der Waals surface area contributed by atoms with Crippen LogP contribution in [0.4, 0.5) is 5.69 Å². The quantitative estimate of drug-likeness (QED) is 0.0672. The second-order valence-electron chi connectivity index (χ2n) is 13.9. The number of anilines is 1. The molecule has 0 spiro atoms. The molecule has 0 bridgehead atoms. The molecule has 0 aliphatic rings. The summed E-state index contributed by atoms with van der Waals surface area (Å²) in [6, 6.07) is 16.8. The molecule has 3 aromatic heterocycles. The number of aromatic hydroxyl groups is 2. The van der Waals surface area contributed by atoms with Crippen LogP contribution in [-0.4, -0.2) is 102 Å². The molecule has 6 rings (SSSR count). The summed E-state index contributed by atoms with van der Waals surface area (Å²) in [5, 5.41) is 28.6. The SMILES string of the molecule is CC(C)c1cc(-c2n[nH]c(=O)n2-c2ccc3c(ccn3CCOCCN(C)C(=O)CCCc3nc4cc(N(CCCl)CCCl)ccc4n3C)c2)c(O)cc1O. The van der Waals surface area contributed by atoms with Crippen molar-refractivity contribution in [2.45, 2.75) is 45.6 Å². The number of aromatic amines is 1. The molecule has 0 radical (unpaired) electrons. The number of alkyl halides is 2. The maximum atomic E-state index is 12.9. The molecule has 3 heterocycles. The highest BCUT2D eigenvalue weighted by molar-refractivity contribution is 6.18. The first-order valence-electron chi connectivity index (χ1n) is 18.5. The Morgan fingerprint density at radius 3 is 2.47 bits per heavy atom. The third kappa shape index (κ3) is 8.79. The van der Waals surface area contributed by atoms with E-state index in [1.54, 1.807) is 18.0 Å². The Hall–Kier alpha value is -4.98. The van der Waals surface area contributed by atoms with Crippen LogP contribution in [-0.2, 0) is 29.5 Å². The van der Waals surface area contributed by atoms with Crippen LogP contribution in [0.15, 0.2) is 65.6 Å². The number of aryl methyl sites for hydroxylation is 2. The van der Waals surface area contributed by atoms with Crippen molar-refractivity contribution >= 4 is 56.7 Å². The number of hydrogen-bond acceptors (Lipinski definition) is 8. The first-order chi connectivity index (χ1) is 26.5. The molecule has 292 valence electrons. The van der Waals surface area contributed by atoms with Crippen LogP contribution in [0.1, 0.15) is 44.0 Å². The van der Waals surface area contributed by atoms with Gasteiger partial charge in [0.1, 0.15) is 17.3 Å². The van der Waals surface area contributed by atoms with Crippen LogP contribution in [0.3, 0.4) is 0 Å². The summed E-state index contributed by atoms with van der Waals surface area (Å²) in [7, 11) is 3.81. The lowest BCUT2D eigenvalue weighted by molar-refractivity contribution is -0.130. The fourth-order valence-electron chi connectivity index (χ4n) is 6.89. The van der Waals surface area contributed by atoms with Gasteiger partial charge in [0.25, 0.3) is 0 Å². The van der Waals surface area contributed by atoms with Gasteiger partial charge in [-0.3, -0.25) is 4.79 Å². The van der Waals surface area contributed by atoms with Gasteiger partial charge in [-0.05, 0) is 66.4 Å². The Kier molecular flexibility index (Phi) is 12.7. The molecule has 0 saturated heterocycles. The molecule has 0 unspecified atom stereocenters. The number of ether oxygens (including phenoxy) is 1. The van der Waals surface area contributed by atoms with Gasteiger partial charge in [0.05, 0.1) is 35.5 Å².